The zero-order chi connectivity index (χ0) is 24.0. The molecule has 0 fully saturated rings. The van der Waals surface area contributed by atoms with Crippen LogP contribution in [-0.4, -0.2) is 18.5 Å². The minimum absolute atomic E-state index is 0.00153. The molecule has 34 heavy (non-hydrogen) atoms. The zero-order valence-electron chi connectivity index (χ0n) is 19.4. The molecule has 0 unspecified atom stereocenters. The predicted octanol–water partition coefficient (Wildman–Crippen LogP) is 5.42. The predicted molar refractivity (Wildman–Crippen MR) is 127 cm³/mol. The highest BCUT2D eigenvalue weighted by Crippen LogP contribution is 2.50. The lowest BCUT2D eigenvalue weighted by molar-refractivity contribution is -0.140. The SMILES string of the molecule is CC1=C(C(=O)OCc2ccccc2)[C@H](c2cc3c(cc2Cl)OCO3)C2=C(CC(C)(C)CC2=O)N1. The molecule has 2 heterocycles. The third-order valence-corrected chi connectivity index (χ3v) is 6.80. The van der Waals surface area contributed by atoms with Crippen LogP contribution >= 0.6 is 11.6 Å². The number of hydrogen-bond acceptors (Lipinski definition) is 6. The molecule has 176 valence electrons. The maximum absolute atomic E-state index is 13.5. The van der Waals surface area contributed by atoms with Gasteiger partial charge in [0.1, 0.15) is 6.61 Å². The molecule has 0 saturated carbocycles. The molecule has 5 rings (SSSR count). The summed E-state index contributed by atoms with van der Waals surface area (Å²) in [5.74, 6) is -0.0690. The number of Topliss-reactive ketones (excluding diaryl/α,β-unsaturated/α-hetero) is 1. The molecule has 0 aromatic heterocycles. The number of ketones is 1. The van der Waals surface area contributed by atoms with Crippen LogP contribution in [-0.2, 0) is 20.9 Å². The Balaban J connectivity index is 1.59. The van der Waals surface area contributed by atoms with E-state index in [1.807, 2.05) is 37.3 Å². The Morgan fingerprint density at radius 1 is 1.15 bits per heavy atom. The summed E-state index contributed by atoms with van der Waals surface area (Å²) in [4.78, 5) is 26.9. The second kappa shape index (κ2) is 8.51. The van der Waals surface area contributed by atoms with E-state index in [4.69, 9.17) is 25.8 Å². The van der Waals surface area contributed by atoms with Crippen molar-refractivity contribution in [3.63, 3.8) is 0 Å². The molecular weight excluding hydrogens is 454 g/mol. The molecule has 0 saturated heterocycles. The van der Waals surface area contributed by atoms with Crippen LogP contribution in [0.2, 0.25) is 5.02 Å². The first-order valence-electron chi connectivity index (χ1n) is 11.3. The summed E-state index contributed by atoms with van der Waals surface area (Å²) < 4.78 is 16.7. The topological polar surface area (TPSA) is 73.9 Å². The number of ether oxygens (including phenoxy) is 3. The van der Waals surface area contributed by atoms with Crippen LogP contribution in [0.25, 0.3) is 0 Å². The van der Waals surface area contributed by atoms with Gasteiger partial charge in [0.25, 0.3) is 0 Å². The van der Waals surface area contributed by atoms with Crippen molar-refractivity contribution < 1.29 is 23.8 Å². The third-order valence-electron chi connectivity index (χ3n) is 6.48. The van der Waals surface area contributed by atoms with E-state index < -0.39 is 11.9 Å². The Bertz CT molecular complexity index is 1250. The number of carbonyl (C=O) groups is 2. The van der Waals surface area contributed by atoms with E-state index in [0.29, 0.717) is 51.8 Å². The first-order valence-corrected chi connectivity index (χ1v) is 11.7. The summed E-state index contributed by atoms with van der Waals surface area (Å²) in [7, 11) is 0. The largest absolute Gasteiger partial charge is 0.457 e. The minimum Gasteiger partial charge on any atom is -0.457 e. The molecule has 0 radical (unpaired) electrons. The first-order chi connectivity index (χ1) is 16.2. The maximum Gasteiger partial charge on any atom is 0.337 e. The van der Waals surface area contributed by atoms with E-state index in [1.54, 1.807) is 12.1 Å². The summed E-state index contributed by atoms with van der Waals surface area (Å²) in [6.07, 6.45) is 1.08. The third kappa shape index (κ3) is 4.07. The van der Waals surface area contributed by atoms with Gasteiger partial charge in [-0.2, -0.15) is 0 Å². The number of benzene rings is 2. The number of hydrogen-bond donors (Lipinski definition) is 1. The summed E-state index contributed by atoms with van der Waals surface area (Å²) >= 11 is 6.70. The van der Waals surface area contributed by atoms with Crippen molar-refractivity contribution in [2.45, 2.75) is 46.1 Å². The van der Waals surface area contributed by atoms with Gasteiger partial charge in [-0.1, -0.05) is 55.8 Å². The van der Waals surface area contributed by atoms with Crippen LogP contribution in [0, 0.1) is 5.41 Å². The number of esters is 1. The van der Waals surface area contributed by atoms with E-state index in [0.717, 1.165) is 11.3 Å². The smallest absolute Gasteiger partial charge is 0.337 e. The molecule has 1 atom stereocenters. The normalized spacial score (nSPS) is 20.7. The van der Waals surface area contributed by atoms with Gasteiger partial charge in [0.15, 0.2) is 17.3 Å². The van der Waals surface area contributed by atoms with Gasteiger partial charge in [0, 0.05) is 40.4 Å². The lowest BCUT2D eigenvalue weighted by Gasteiger charge is -2.39. The van der Waals surface area contributed by atoms with E-state index >= 15 is 0 Å². The molecule has 3 aliphatic rings. The molecule has 0 amide bonds. The highest BCUT2D eigenvalue weighted by atomic mass is 35.5. The number of allylic oxidation sites excluding steroid dienone is 3. The van der Waals surface area contributed by atoms with Gasteiger partial charge < -0.3 is 19.5 Å². The summed E-state index contributed by atoms with van der Waals surface area (Å²) in [6, 6.07) is 12.9. The fraction of sp³-hybridized carbons (Fsp3) is 0.333. The Hall–Kier alpha value is -3.25. The number of nitrogens with one attached hydrogen (secondary N) is 1. The average Bonchev–Trinajstić information content (AvgIpc) is 3.23. The number of dihydropyridines is 1. The van der Waals surface area contributed by atoms with Gasteiger partial charge in [-0.25, -0.2) is 4.79 Å². The van der Waals surface area contributed by atoms with Crippen molar-refractivity contribution in [1.29, 1.82) is 0 Å². The average molecular weight is 480 g/mol. The standard InChI is InChI=1S/C27H26ClNO5/c1-15-23(26(31)32-13-16-7-5-4-6-8-16)24(17-9-21-22(10-18(17)28)34-14-33-21)25-19(29-15)11-27(2,3)12-20(25)30/h4-10,24,29H,11-14H2,1-3H3/t24-/m0/s1. The van der Waals surface area contributed by atoms with Gasteiger partial charge in [-0.05, 0) is 36.0 Å². The second-order valence-corrected chi connectivity index (χ2v) is 10.1. The Morgan fingerprint density at radius 3 is 2.59 bits per heavy atom. The summed E-state index contributed by atoms with van der Waals surface area (Å²) in [5, 5.41) is 3.75. The van der Waals surface area contributed by atoms with Crippen molar-refractivity contribution in [3.05, 3.63) is 81.2 Å². The van der Waals surface area contributed by atoms with Crippen molar-refractivity contribution in [3.8, 4) is 11.5 Å². The Morgan fingerprint density at radius 2 is 1.85 bits per heavy atom. The lowest BCUT2D eigenvalue weighted by atomic mass is 9.68. The second-order valence-electron chi connectivity index (χ2n) is 9.72. The number of rotatable bonds is 4. The summed E-state index contributed by atoms with van der Waals surface area (Å²) in [6.45, 7) is 6.21. The lowest BCUT2D eigenvalue weighted by Crippen LogP contribution is -2.38. The van der Waals surface area contributed by atoms with Gasteiger partial charge in [0.05, 0.1) is 5.57 Å². The van der Waals surface area contributed by atoms with Crippen molar-refractivity contribution in [2.75, 3.05) is 6.79 Å². The van der Waals surface area contributed by atoms with Crippen LogP contribution in [0.4, 0.5) is 0 Å². The van der Waals surface area contributed by atoms with Crippen molar-refractivity contribution in [2.24, 2.45) is 5.41 Å². The first kappa shape index (κ1) is 22.5. The molecule has 6 nitrogen and oxygen atoms in total. The van der Waals surface area contributed by atoms with Gasteiger partial charge in [-0.3, -0.25) is 4.79 Å². The molecule has 7 heteroatoms. The molecule has 2 aromatic rings. The van der Waals surface area contributed by atoms with Gasteiger partial charge in [-0.15, -0.1) is 0 Å². The van der Waals surface area contributed by atoms with Crippen molar-refractivity contribution >= 4 is 23.4 Å². The van der Waals surface area contributed by atoms with Crippen LogP contribution in [0.5, 0.6) is 11.5 Å². The van der Waals surface area contributed by atoms with E-state index in [-0.39, 0.29) is 24.6 Å². The summed E-state index contributed by atoms with van der Waals surface area (Å²) in [5.41, 5.74) is 3.75. The van der Waals surface area contributed by atoms with Crippen molar-refractivity contribution in [1.82, 2.24) is 5.32 Å². The minimum atomic E-state index is -0.662. The van der Waals surface area contributed by atoms with Gasteiger partial charge in [0.2, 0.25) is 6.79 Å². The molecular formula is C27H26ClNO5. The molecule has 0 spiro atoms. The van der Waals surface area contributed by atoms with E-state index in [1.165, 1.54) is 0 Å². The van der Waals surface area contributed by atoms with Crippen LogP contribution in [0.1, 0.15) is 50.7 Å². The van der Waals surface area contributed by atoms with E-state index in [2.05, 4.69) is 19.2 Å². The maximum atomic E-state index is 13.5. The van der Waals surface area contributed by atoms with E-state index in [9.17, 15) is 9.59 Å². The molecule has 2 aliphatic heterocycles. The van der Waals surface area contributed by atoms with Gasteiger partial charge >= 0.3 is 5.97 Å². The van der Waals surface area contributed by atoms with Crippen LogP contribution in [0.15, 0.2) is 65.0 Å². The fourth-order valence-electron chi connectivity index (χ4n) is 4.97. The zero-order valence-corrected chi connectivity index (χ0v) is 20.1. The number of halogens is 1. The molecule has 1 aliphatic carbocycles. The monoisotopic (exact) mass is 479 g/mol. The Kier molecular flexibility index (Phi) is 5.64. The van der Waals surface area contributed by atoms with Crippen LogP contribution in [0.3, 0.4) is 0 Å². The van der Waals surface area contributed by atoms with Crippen LogP contribution < -0.4 is 14.8 Å². The fourth-order valence-corrected chi connectivity index (χ4v) is 5.24. The number of carbonyl (C=O) groups excluding carboxylic acids is 2. The highest BCUT2D eigenvalue weighted by Gasteiger charge is 2.44. The molecule has 2 aromatic carbocycles. The number of fused-ring (bicyclic) bond motifs is 1. The Labute approximate surface area is 203 Å². The quantitative estimate of drug-likeness (QED) is 0.590. The molecule has 0 bridgehead atoms. The molecule has 1 N–H and O–H groups in total. The highest BCUT2D eigenvalue weighted by molar-refractivity contribution is 6.32.